The summed E-state index contributed by atoms with van der Waals surface area (Å²) in [5.74, 6) is 0. The fourth-order valence-electron chi connectivity index (χ4n) is 0.256. The molecule has 8 heavy (non-hydrogen) atoms. The van der Waals surface area contributed by atoms with E-state index in [9.17, 15) is 0 Å². The van der Waals surface area contributed by atoms with Crippen molar-refractivity contribution < 1.29 is 5.11 Å². The number of hydrogen-bond donors (Lipinski definition) is 2. The van der Waals surface area contributed by atoms with Gasteiger partial charge in [-0.1, -0.05) is 6.92 Å². The monoisotopic (exact) mass is 161 g/mol. The Labute approximate surface area is 62.5 Å². The summed E-state index contributed by atoms with van der Waals surface area (Å²) < 4.78 is 0. The van der Waals surface area contributed by atoms with Crippen molar-refractivity contribution in [2.24, 2.45) is 0 Å². The largest absolute Gasteiger partial charge is 0.395 e. The Morgan fingerprint density at radius 1 is 1.38 bits per heavy atom. The van der Waals surface area contributed by atoms with Gasteiger partial charge in [-0.05, 0) is 6.54 Å². The highest BCUT2D eigenvalue weighted by Crippen LogP contribution is 1.51. The van der Waals surface area contributed by atoms with Crippen LogP contribution >= 0.6 is 24.8 Å². The number of halogens is 2. The zero-order chi connectivity index (χ0) is 4.83. The van der Waals surface area contributed by atoms with Crippen LogP contribution in [0, 0.1) is 0 Å². The molecule has 2 nitrogen and oxygen atoms in total. The minimum atomic E-state index is 0. The molecule has 4 heteroatoms. The van der Waals surface area contributed by atoms with Gasteiger partial charge in [0.1, 0.15) is 0 Å². The minimum absolute atomic E-state index is 0. The van der Waals surface area contributed by atoms with Gasteiger partial charge in [0.15, 0.2) is 0 Å². The van der Waals surface area contributed by atoms with Crippen LogP contribution in [0.5, 0.6) is 0 Å². The topological polar surface area (TPSA) is 32.3 Å². The van der Waals surface area contributed by atoms with Crippen LogP contribution in [0.3, 0.4) is 0 Å². The molecular formula is C4H13Cl2NO. The molecule has 0 fully saturated rings. The molecule has 0 spiro atoms. The van der Waals surface area contributed by atoms with E-state index < -0.39 is 0 Å². The van der Waals surface area contributed by atoms with E-state index in [1.807, 2.05) is 6.92 Å². The van der Waals surface area contributed by atoms with Crippen molar-refractivity contribution in [3.05, 3.63) is 0 Å². The first-order valence-corrected chi connectivity index (χ1v) is 2.23. The van der Waals surface area contributed by atoms with E-state index in [1.165, 1.54) is 0 Å². The van der Waals surface area contributed by atoms with Gasteiger partial charge in [-0.2, -0.15) is 0 Å². The maximum absolute atomic E-state index is 8.13. The third kappa shape index (κ3) is 16.1. The van der Waals surface area contributed by atoms with E-state index in [2.05, 4.69) is 5.32 Å². The third-order valence-corrected chi connectivity index (χ3v) is 0.539. The minimum Gasteiger partial charge on any atom is -0.395 e. The number of aliphatic hydroxyl groups is 1. The van der Waals surface area contributed by atoms with Crippen molar-refractivity contribution in [3.8, 4) is 0 Å². The maximum atomic E-state index is 8.13. The second-order valence-corrected chi connectivity index (χ2v) is 1.08. The normalized spacial score (nSPS) is 6.75. The fraction of sp³-hybridized carbons (Fsp3) is 1.00. The van der Waals surface area contributed by atoms with Gasteiger partial charge in [0, 0.05) is 6.54 Å². The van der Waals surface area contributed by atoms with Gasteiger partial charge in [-0.25, -0.2) is 0 Å². The molecule has 0 atom stereocenters. The van der Waals surface area contributed by atoms with E-state index >= 15 is 0 Å². The van der Waals surface area contributed by atoms with Gasteiger partial charge in [0.05, 0.1) is 6.61 Å². The van der Waals surface area contributed by atoms with Crippen LogP contribution in [0.1, 0.15) is 6.92 Å². The molecule has 0 unspecified atom stereocenters. The summed E-state index contributed by atoms with van der Waals surface area (Å²) in [4.78, 5) is 0. The Morgan fingerprint density at radius 3 is 2.00 bits per heavy atom. The molecule has 0 saturated heterocycles. The van der Waals surface area contributed by atoms with E-state index in [4.69, 9.17) is 5.11 Å². The van der Waals surface area contributed by atoms with Gasteiger partial charge in [-0.15, -0.1) is 24.8 Å². The lowest BCUT2D eigenvalue weighted by Gasteiger charge is -1.91. The molecule has 54 valence electrons. The zero-order valence-electron chi connectivity index (χ0n) is 4.89. The van der Waals surface area contributed by atoms with Crippen LogP contribution < -0.4 is 5.32 Å². The zero-order valence-corrected chi connectivity index (χ0v) is 6.52. The first kappa shape index (κ1) is 15.8. The first-order valence-electron chi connectivity index (χ1n) is 2.23. The summed E-state index contributed by atoms with van der Waals surface area (Å²) in [5, 5.41) is 11.1. The Morgan fingerprint density at radius 2 is 1.88 bits per heavy atom. The smallest absolute Gasteiger partial charge is 0.0555 e. The molecule has 0 aromatic heterocycles. The summed E-state index contributed by atoms with van der Waals surface area (Å²) in [6, 6.07) is 0. The fourth-order valence-corrected chi connectivity index (χ4v) is 0.256. The lowest BCUT2D eigenvalue weighted by atomic mass is 10.6. The maximum Gasteiger partial charge on any atom is 0.0555 e. The molecule has 0 aromatic rings. The molecular weight excluding hydrogens is 149 g/mol. The molecule has 0 rings (SSSR count). The first-order chi connectivity index (χ1) is 2.91. The average Bonchev–Trinajstić information content (AvgIpc) is 1.61. The summed E-state index contributed by atoms with van der Waals surface area (Å²) in [6.45, 7) is 3.92. The Hall–Kier alpha value is 0.500. The molecule has 0 aromatic carbocycles. The summed E-state index contributed by atoms with van der Waals surface area (Å²) >= 11 is 0. The summed E-state index contributed by atoms with van der Waals surface area (Å²) in [6.07, 6.45) is 0. The average molecular weight is 162 g/mol. The van der Waals surface area contributed by atoms with E-state index in [0.29, 0.717) is 0 Å². The lowest BCUT2D eigenvalue weighted by Crippen LogP contribution is -2.16. The second kappa shape index (κ2) is 15.6. The molecule has 0 aliphatic rings. The molecule has 0 radical (unpaired) electrons. The van der Waals surface area contributed by atoms with Crippen molar-refractivity contribution in [2.45, 2.75) is 6.92 Å². The van der Waals surface area contributed by atoms with Gasteiger partial charge < -0.3 is 10.4 Å². The van der Waals surface area contributed by atoms with Crippen LogP contribution in [0.25, 0.3) is 0 Å². The Kier molecular flexibility index (Phi) is 30.9. The van der Waals surface area contributed by atoms with E-state index in [-0.39, 0.29) is 31.4 Å². The SMILES string of the molecule is CCNCCO.Cl.Cl. The summed E-state index contributed by atoms with van der Waals surface area (Å²) in [7, 11) is 0. The molecule has 0 amide bonds. The number of nitrogens with one attached hydrogen (secondary N) is 1. The van der Waals surface area contributed by atoms with Crippen molar-refractivity contribution in [2.75, 3.05) is 19.7 Å². The molecule has 0 saturated carbocycles. The highest BCUT2D eigenvalue weighted by molar-refractivity contribution is 5.85. The number of aliphatic hydroxyl groups excluding tert-OH is 1. The molecule has 0 bridgehead atoms. The van der Waals surface area contributed by atoms with Gasteiger partial charge >= 0.3 is 0 Å². The van der Waals surface area contributed by atoms with Crippen LogP contribution in [0.15, 0.2) is 0 Å². The molecule has 2 N–H and O–H groups in total. The van der Waals surface area contributed by atoms with Gasteiger partial charge in [-0.3, -0.25) is 0 Å². The lowest BCUT2D eigenvalue weighted by molar-refractivity contribution is 0.293. The standard InChI is InChI=1S/C4H11NO.2ClH/c1-2-5-3-4-6;;/h5-6H,2-4H2,1H3;2*1H. The van der Waals surface area contributed by atoms with Crippen molar-refractivity contribution in [1.29, 1.82) is 0 Å². The van der Waals surface area contributed by atoms with E-state index in [0.717, 1.165) is 13.1 Å². The number of likely N-dealkylation sites (N-methyl/N-ethyl adjacent to an activating group) is 1. The van der Waals surface area contributed by atoms with Crippen LogP contribution in [-0.4, -0.2) is 24.8 Å². The Balaban J connectivity index is -0.000000125. The van der Waals surface area contributed by atoms with Crippen molar-refractivity contribution >= 4 is 24.8 Å². The van der Waals surface area contributed by atoms with Crippen LogP contribution in [0.4, 0.5) is 0 Å². The van der Waals surface area contributed by atoms with Gasteiger partial charge in [0.2, 0.25) is 0 Å². The molecule has 0 aliphatic heterocycles. The predicted molar refractivity (Wildman–Crippen MR) is 40.1 cm³/mol. The number of hydrogen-bond acceptors (Lipinski definition) is 2. The van der Waals surface area contributed by atoms with Crippen molar-refractivity contribution in [3.63, 3.8) is 0 Å². The van der Waals surface area contributed by atoms with Crippen LogP contribution in [0.2, 0.25) is 0 Å². The quantitative estimate of drug-likeness (QED) is 0.590. The third-order valence-electron chi connectivity index (χ3n) is 0.539. The highest BCUT2D eigenvalue weighted by atomic mass is 35.5. The predicted octanol–water partition coefficient (Wildman–Crippen LogP) is 0.432. The van der Waals surface area contributed by atoms with Crippen LogP contribution in [-0.2, 0) is 0 Å². The number of rotatable bonds is 3. The van der Waals surface area contributed by atoms with Crippen molar-refractivity contribution in [1.82, 2.24) is 5.32 Å². The van der Waals surface area contributed by atoms with E-state index in [1.54, 1.807) is 0 Å². The van der Waals surface area contributed by atoms with Gasteiger partial charge in [0.25, 0.3) is 0 Å². The Bertz CT molecular complexity index is 26.0. The summed E-state index contributed by atoms with van der Waals surface area (Å²) in [5.41, 5.74) is 0. The molecule has 0 aliphatic carbocycles. The highest BCUT2D eigenvalue weighted by Gasteiger charge is 1.72. The second-order valence-electron chi connectivity index (χ2n) is 1.08. The molecule has 0 heterocycles.